The number of hydrogen-bond acceptors (Lipinski definition) is 6. The first-order valence-electron chi connectivity index (χ1n) is 6.26. The molecule has 0 spiro atoms. The van der Waals surface area contributed by atoms with Crippen molar-refractivity contribution in [2.45, 2.75) is 25.0 Å². The van der Waals surface area contributed by atoms with Crippen LogP contribution in [0.4, 0.5) is 0 Å². The van der Waals surface area contributed by atoms with Crippen LogP contribution < -0.4 is 11.1 Å². The van der Waals surface area contributed by atoms with Crippen molar-refractivity contribution in [1.82, 2.24) is 5.32 Å². The van der Waals surface area contributed by atoms with Gasteiger partial charge in [0.1, 0.15) is 0 Å². The molecule has 1 aromatic rings. The molecule has 0 radical (unpaired) electrons. The van der Waals surface area contributed by atoms with Gasteiger partial charge in [-0.05, 0) is 24.1 Å². The number of aliphatic hydroxyl groups is 1. The molecule has 1 unspecified atom stereocenters. The first-order chi connectivity index (χ1) is 9.81. The number of carboxylic acid groups (broad SMARTS) is 1. The summed E-state index contributed by atoms with van der Waals surface area (Å²) >= 11 is 0. The monoisotopic (exact) mass is 298 g/mol. The maximum Gasteiger partial charge on any atom is 0.332 e. The second-order valence-electron chi connectivity index (χ2n) is 4.57. The number of aliphatic carboxylic acids is 1. The van der Waals surface area contributed by atoms with E-state index in [-0.39, 0.29) is 30.9 Å². The molecule has 0 aliphatic heterocycles. The van der Waals surface area contributed by atoms with E-state index >= 15 is 0 Å². The lowest BCUT2D eigenvalue weighted by atomic mass is 10.1. The van der Waals surface area contributed by atoms with Crippen LogP contribution in [0, 0.1) is 0 Å². The lowest BCUT2D eigenvalue weighted by Gasteiger charge is -2.13. The van der Waals surface area contributed by atoms with E-state index in [1.807, 2.05) is 0 Å². The van der Waals surface area contributed by atoms with Crippen molar-refractivity contribution in [1.29, 1.82) is 0 Å². The molecule has 0 aliphatic rings. The number of phenols is 2. The van der Waals surface area contributed by atoms with Crippen LogP contribution in [0.3, 0.4) is 0 Å². The number of aromatic hydroxyl groups is 2. The lowest BCUT2D eigenvalue weighted by Crippen LogP contribution is -2.43. The lowest BCUT2D eigenvalue weighted by molar-refractivity contribution is -0.147. The number of carbonyl (C=O) groups is 2. The number of amides is 1. The molecule has 1 rings (SSSR count). The fraction of sp³-hybridized carbons (Fsp3) is 0.385. The molecule has 8 nitrogen and oxygen atoms in total. The third-order valence-electron chi connectivity index (χ3n) is 2.83. The number of carboxylic acids is 1. The molecular formula is C13H18N2O6. The minimum atomic E-state index is -1.53. The van der Waals surface area contributed by atoms with Crippen LogP contribution in [0.1, 0.15) is 12.0 Å². The molecule has 0 saturated heterocycles. The number of phenolic OH excluding ortho intramolecular Hbond substituents is 2. The number of nitrogens with two attached hydrogens (primary N) is 1. The van der Waals surface area contributed by atoms with Gasteiger partial charge in [-0.15, -0.1) is 0 Å². The normalized spacial score (nSPS) is 13.4. The van der Waals surface area contributed by atoms with Gasteiger partial charge in [0.05, 0.1) is 6.04 Å². The van der Waals surface area contributed by atoms with Crippen LogP contribution >= 0.6 is 0 Å². The van der Waals surface area contributed by atoms with Crippen LogP contribution in [-0.2, 0) is 16.0 Å². The summed E-state index contributed by atoms with van der Waals surface area (Å²) in [5, 5.41) is 38.4. The van der Waals surface area contributed by atoms with Crippen molar-refractivity contribution in [2.24, 2.45) is 5.73 Å². The fourth-order valence-electron chi connectivity index (χ4n) is 1.63. The number of benzene rings is 1. The molecule has 0 saturated carbocycles. The Morgan fingerprint density at radius 2 is 1.90 bits per heavy atom. The van der Waals surface area contributed by atoms with Crippen LogP contribution in [0.15, 0.2) is 18.2 Å². The van der Waals surface area contributed by atoms with Gasteiger partial charge in [-0.25, -0.2) is 4.79 Å². The van der Waals surface area contributed by atoms with Gasteiger partial charge in [-0.2, -0.15) is 0 Å². The zero-order valence-corrected chi connectivity index (χ0v) is 11.2. The molecule has 1 amide bonds. The Morgan fingerprint density at radius 3 is 2.48 bits per heavy atom. The number of carbonyl (C=O) groups excluding carboxylic acids is 1. The molecule has 1 aromatic carbocycles. The summed E-state index contributed by atoms with van der Waals surface area (Å²) in [4.78, 5) is 22.1. The van der Waals surface area contributed by atoms with E-state index in [9.17, 15) is 14.7 Å². The first-order valence-corrected chi connectivity index (χ1v) is 6.26. The predicted molar refractivity (Wildman–Crippen MR) is 72.7 cm³/mol. The summed E-state index contributed by atoms with van der Waals surface area (Å²) < 4.78 is 0. The molecule has 0 bridgehead atoms. The third-order valence-corrected chi connectivity index (χ3v) is 2.83. The van der Waals surface area contributed by atoms with Gasteiger partial charge in [0.2, 0.25) is 5.91 Å². The van der Waals surface area contributed by atoms with Crippen molar-refractivity contribution in [3.8, 4) is 11.5 Å². The maximum atomic E-state index is 11.7. The van der Waals surface area contributed by atoms with E-state index in [1.54, 1.807) is 0 Å². The zero-order chi connectivity index (χ0) is 16.0. The average Bonchev–Trinajstić information content (AvgIpc) is 2.42. The highest BCUT2D eigenvalue weighted by atomic mass is 16.4. The predicted octanol–water partition coefficient (Wildman–Crippen LogP) is -1.08. The van der Waals surface area contributed by atoms with Crippen molar-refractivity contribution in [3.63, 3.8) is 0 Å². The number of hydrogen-bond donors (Lipinski definition) is 6. The smallest absolute Gasteiger partial charge is 0.332 e. The molecule has 0 aromatic heterocycles. The molecule has 116 valence electrons. The minimum Gasteiger partial charge on any atom is -0.504 e. The van der Waals surface area contributed by atoms with Gasteiger partial charge in [0.15, 0.2) is 17.6 Å². The Labute approximate surface area is 120 Å². The van der Waals surface area contributed by atoms with Crippen molar-refractivity contribution < 1.29 is 30.0 Å². The van der Waals surface area contributed by atoms with E-state index < -0.39 is 24.0 Å². The summed E-state index contributed by atoms with van der Waals surface area (Å²) in [5.74, 6) is -2.42. The number of aliphatic hydroxyl groups excluding tert-OH is 1. The zero-order valence-electron chi connectivity index (χ0n) is 11.2. The summed E-state index contributed by atoms with van der Waals surface area (Å²) in [5.41, 5.74) is 6.25. The van der Waals surface area contributed by atoms with Crippen molar-refractivity contribution >= 4 is 11.9 Å². The first kappa shape index (κ1) is 16.7. The van der Waals surface area contributed by atoms with Crippen LogP contribution in [0.2, 0.25) is 0 Å². The van der Waals surface area contributed by atoms with Crippen molar-refractivity contribution in [2.75, 3.05) is 6.54 Å². The number of rotatable bonds is 7. The summed E-state index contributed by atoms with van der Waals surface area (Å²) in [7, 11) is 0. The molecule has 0 heterocycles. The Balaban J connectivity index is 2.43. The Morgan fingerprint density at radius 1 is 1.24 bits per heavy atom. The highest BCUT2D eigenvalue weighted by molar-refractivity contribution is 5.81. The summed E-state index contributed by atoms with van der Waals surface area (Å²) in [6, 6.07) is 3.22. The number of nitrogens with one attached hydrogen (secondary N) is 1. The van der Waals surface area contributed by atoms with Gasteiger partial charge in [-0.3, -0.25) is 4.79 Å². The largest absolute Gasteiger partial charge is 0.504 e. The molecule has 7 N–H and O–H groups in total. The third kappa shape index (κ3) is 5.28. The Hall–Kier alpha value is -2.32. The van der Waals surface area contributed by atoms with Crippen LogP contribution in [0.5, 0.6) is 11.5 Å². The van der Waals surface area contributed by atoms with E-state index in [0.29, 0.717) is 5.56 Å². The molecule has 2 atom stereocenters. The van der Waals surface area contributed by atoms with Gasteiger partial charge < -0.3 is 31.5 Å². The Bertz CT molecular complexity index is 519. The standard InChI is InChI=1S/C13H18N2O6/c14-8(5-7-1-2-9(16)11(18)6-7)12(19)15-4-3-10(17)13(20)21/h1-2,6,8,10,16-18H,3-5,14H2,(H,15,19)(H,20,21)/t8-,10?/m0/s1. The van der Waals surface area contributed by atoms with E-state index in [0.717, 1.165) is 0 Å². The fourth-order valence-corrected chi connectivity index (χ4v) is 1.63. The second kappa shape index (κ2) is 7.46. The quantitative estimate of drug-likeness (QED) is 0.350. The van der Waals surface area contributed by atoms with Crippen molar-refractivity contribution in [3.05, 3.63) is 23.8 Å². The van der Waals surface area contributed by atoms with Gasteiger partial charge in [0, 0.05) is 13.0 Å². The molecule has 8 heteroatoms. The van der Waals surface area contributed by atoms with E-state index in [1.165, 1.54) is 18.2 Å². The van der Waals surface area contributed by atoms with E-state index in [2.05, 4.69) is 5.32 Å². The highest BCUT2D eigenvalue weighted by Gasteiger charge is 2.17. The molecule has 0 aliphatic carbocycles. The van der Waals surface area contributed by atoms with Gasteiger partial charge in [0.25, 0.3) is 0 Å². The molecule has 21 heavy (non-hydrogen) atoms. The average molecular weight is 298 g/mol. The van der Waals surface area contributed by atoms with Crippen LogP contribution in [-0.4, -0.2) is 51.0 Å². The SMILES string of the molecule is N[C@@H](Cc1ccc(O)c(O)c1)C(=O)NCCC(O)C(=O)O. The second-order valence-corrected chi connectivity index (χ2v) is 4.57. The Kier molecular flexibility index (Phi) is 5.94. The highest BCUT2D eigenvalue weighted by Crippen LogP contribution is 2.25. The summed E-state index contributed by atoms with van der Waals surface area (Å²) in [6.45, 7) is -0.0131. The van der Waals surface area contributed by atoms with Gasteiger partial charge in [-0.1, -0.05) is 6.07 Å². The van der Waals surface area contributed by atoms with Gasteiger partial charge >= 0.3 is 5.97 Å². The minimum absolute atomic E-state index is 0.0131. The maximum absolute atomic E-state index is 11.7. The summed E-state index contributed by atoms with van der Waals surface area (Å²) in [6.07, 6.45) is -1.51. The molecule has 0 fully saturated rings. The van der Waals surface area contributed by atoms with E-state index in [4.69, 9.17) is 21.1 Å². The topological polar surface area (TPSA) is 153 Å². The molecular weight excluding hydrogens is 280 g/mol. The van der Waals surface area contributed by atoms with Crippen LogP contribution in [0.25, 0.3) is 0 Å².